The number of esters is 1. The van der Waals surface area contributed by atoms with Crippen LogP contribution in [0.3, 0.4) is 0 Å². The van der Waals surface area contributed by atoms with Gasteiger partial charge in [-0.25, -0.2) is 0 Å². The number of likely N-dealkylation sites (N-methyl/N-ethyl adjacent to an activating group) is 1. The maximum atomic E-state index is 13.8. The van der Waals surface area contributed by atoms with Gasteiger partial charge in [0.05, 0.1) is 18.0 Å². The normalized spacial score (nSPS) is 18.3. The molecule has 0 spiro atoms. The third-order valence-electron chi connectivity index (χ3n) is 5.18. The third kappa shape index (κ3) is 5.77. The van der Waals surface area contributed by atoms with Gasteiger partial charge in [-0.1, -0.05) is 30.7 Å². The standard InChI is InChI=1S/C24H29ClN2O4S/c1-5-6-21(28)31-22-23(16-7-10-18(30-4)11-8-16)32-20-15-17(25)9-12-19(20)27(24(22)29)14-13-26(2)3/h7-12,15,22-23H,5-6,13-14H2,1-4H3/t22-,23+/m0/s1. The van der Waals surface area contributed by atoms with Gasteiger partial charge < -0.3 is 19.3 Å². The molecule has 1 amide bonds. The van der Waals surface area contributed by atoms with E-state index < -0.39 is 11.4 Å². The van der Waals surface area contributed by atoms with Gasteiger partial charge in [0.25, 0.3) is 5.91 Å². The number of hydrogen-bond donors (Lipinski definition) is 0. The van der Waals surface area contributed by atoms with Gasteiger partial charge in [0, 0.05) is 29.4 Å². The van der Waals surface area contributed by atoms with Crippen molar-refractivity contribution >= 4 is 40.9 Å². The smallest absolute Gasteiger partial charge is 0.306 e. The first-order valence-electron chi connectivity index (χ1n) is 10.6. The van der Waals surface area contributed by atoms with Crippen molar-refractivity contribution in [3.63, 3.8) is 0 Å². The number of anilines is 1. The van der Waals surface area contributed by atoms with E-state index in [1.165, 1.54) is 11.8 Å². The highest BCUT2D eigenvalue weighted by Gasteiger charge is 2.41. The molecule has 1 heterocycles. The number of ether oxygens (including phenoxy) is 2. The van der Waals surface area contributed by atoms with Gasteiger partial charge in [0.15, 0.2) is 6.10 Å². The van der Waals surface area contributed by atoms with Crippen molar-refractivity contribution in [1.82, 2.24) is 4.90 Å². The second-order valence-electron chi connectivity index (χ2n) is 7.88. The van der Waals surface area contributed by atoms with E-state index in [1.54, 1.807) is 18.1 Å². The fourth-order valence-electron chi connectivity index (χ4n) is 3.49. The number of methoxy groups -OCH3 is 1. The Morgan fingerprint density at radius 2 is 1.91 bits per heavy atom. The van der Waals surface area contributed by atoms with E-state index in [-0.39, 0.29) is 18.3 Å². The molecule has 0 bridgehead atoms. The Morgan fingerprint density at radius 1 is 1.19 bits per heavy atom. The molecule has 6 nitrogen and oxygen atoms in total. The zero-order valence-corrected chi connectivity index (χ0v) is 20.4. The van der Waals surface area contributed by atoms with Crippen molar-refractivity contribution in [2.45, 2.75) is 36.0 Å². The average molecular weight is 477 g/mol. The van der Waals surface area contributed by atoms with Crippen molar-refractivity contribution in [3.05, 3.63) is 53.1 Å². The molecule has 32 heavy (non-hydrogen) atoms. The van der Waals surface area contributed by atoms with Crippen LogP contribution in [0, 0.1) is 0 Å². The van der Waals surface area contributed by atoms with Crippen LogP contribution in [0.2, 0.25) is 5.02 Å². The predicted molar refractivity (Wildman–Crippen MR) is 129 cm³/mol. The minimum Gasteiger partial charge on any atom is -0.497 e. The van der Waals surface area contributed by atoms with E-state index >= 15 is 0 Å². The zero-order chi connectivity index (χ0) is 23.3. The van der Waals surface area contributed by atoms with Crippen LogP contribution < -0.4 is 9.64 Å². The molecule has 2 atom stereocenters. The van der Waals surface area contributed by atoms with Gasteiger partial charge in [0.2, 0.25) is 0 Å². The zero-order valence-electron chi connectivity index (χ0n) is 18.8. The summed E-state index contributed by atoms with van der Waals surface area (Å²) >= 11 is 7.80. The monoisotopic (exact) mass is 476 g/mol. The Hall–Kier alpha value is -2.22. The van der Waals surface area contributed by atoms with E-state index in [9.17, 15) is 9.59 Å². The quantitative estimate of drug-likeness (QED) is 0.510. The summed E-state index contributed by atoms with van der Waals surface area (Å²) in [5.74, 6) is 0.112. The number of hydrogen-bond acceptors (Lipinski definition) is 6. The van der Waals surface area contributed by atoms with Crippen LogP contribution in [-0.2, 0) is 14.3 Å². The van der Waals surface area contributed by atoms with Gasteiger partial charge in [0.1, 0.15) is 5.75 Å². The number of carbonyl (C=O) groups is 2. The summed E-state index contributed by atoms with van der Waals surface area (Å²) in [6.07, 6.45) is -0.0404. The molecule has 0 fully saturated rings. The molecule has 0 aliphatic carbocycles. The summed E-state index contributed by atoms with van der Waals surface area (Å²) in [4.78, 5) is 30.9. The highest BCUT2D eigenvalue weighted by atomic mass is 35.5. The molecule has 8 heteroatoms. The van der Waals surface area contributed by atoms with E-state index in [4.69, 9.17) is 21.1 Å². The number of fused-ring (bicyclic) bond motifs is 1. The first-order chi connectivity index (χ1) is 15.3. The third-order valence-corrected chi connectivity index (χ3v) is 6.77. The van der Waals surface area contributed by atoms with Gasteiger partial charge in [-0.3, -0.25) is 9.59 Å². The summed E-state index contributed by atoms with van der Waals surface area (Å²) in [6.45, 7) is 3.05. The van der Waals surface area contributed by atoms with Crippen LogP contribution in [0.1, 0.15) is 30.6 Å². The summed E-state index contributed by atoms with van der Waals surface area (Å²) in [7, 11) is 5.52. The largest absolute Gasteiger partial charge is 0.497 e. The van der Waals surface area contributed by atoms with Crippen LogP contribution in [0.4, 0.5) is 5.69 Å². The number of nitrogens with zero attached hydrogens (tertiary/aromatic N) is 2. The van der Waals surface area contributed by atoms with Crippen LogP contribution >= 0.6 is 23.4 Å². The predicted octanol–water partition coefficient (Wildman–Crippen LogP) is 4.80. The molecule has 1 aliphatic heterocycles. The minimum absolute atomic E-state index is 0.231. The number of carbonyl (C=O) groups excluding carboxylic acids is 2. The lowest BCUT2D eigenvalue weighted by molar-refractivity contribution is -0.155. The lowest BCUT2D eigenvalue weighted by Crippen LogP contribution is -2.45. The summed E-state index contributed by atoms with van der Waals surface area (Å²) in [5.41, 5.74) is 1.65. The van der Waals surface area contributed by atoms with Crippen molar-refractivity contribution in [2.75, 3.05) is 39.2 Å². The molecular formula is C24H29ClN2O4S. The summed E-state index contributed by atoms with van der Waals surface area (Å²) in [5, 5.41) is 0.168. The lowest BCUT2D eigenvalue weighted by atomic mass is 10.1. The van der Waals surface area contributed by atoms with Crippen LogP contribution in [0.25, 0.3) is 0 Å². The lowest BCUT2D eigenvalue weighted by Gasteiger charge is -2.28. The molecule has 2 aromatic carbocycles. The molecule has 1 aliphatic rings. The fourth-order valence-corrected chi connectivity index (χ4v) is 5.08. The number of rotatable bonds is 8. The molecule has 0 saturated carbocycles. The Labute approximate surface area is 198 Å². The second kappa shape index (κ2) is 11.1. The van der Waals surface area contributed by atoms with E-state index in [0.29, 0.717) is 30.3 Å². The highest BCUT2D eigenvalue weighted by molar-refractivity contribution is 7.99. The van der Waals surface area contributed by atoms with Gasteiger partial charge >= 0.3 is 5.97 Å². The second-order valence-corrected chi connectivity index (χ2v) is 9.50. The first-order valence-corrected chi connectivity index (χ1v) is 11.9. The Bertz CT molecular complexity index is 952. The number of thioether (sulfide) groups is 1. The molecule has 0 radical (unpaired) electrons. The van der Waals surface area contributed by atoms with Crippen LogP contribution in [0.15, 0.2) is 47.4 Å². The van der Waals surface area contributed by atoms with Gasteiger partial charge in [-0.15, -0.1) is 11.8 Å². The van der Waals surface area contributed by atoms with Gasteiger partial charge in [-0.05, 0) is 56.4 Å². The molecule has 0 saturated heterocycles. The SMILES string of the molecule is CCCC(=O)O[C@@H]1C(=O)N(CCN(C)C)c2ccc(Cl)cc2S[C@@H]1c1ccc(OC)cc1. The fraction of sp³-hybridized carbons (Fsp3) is 0.417. The highest BCUT2D eigenvalue weighted by Crippen LogP contribution is 2.47. The van der Waals surface area contributed by atoms with E-state index in [0.717, 1.165) is 16.1 Å². The molecule has 0 N–H and O–H groups in total. The molecule has 2 aromatic rings. The molecule has 0 unspecified atom stereocenters. The molecule has 3 rings (SSSR count). The van der Waals surface area contributed by atoms with Crippen molar-refractivity contribution in [2.24, 2.45) is 0 Å². The number of benzene rings is 2. The minimum atomic E-state index is -0.958. The number of amides is 1. The van der Waals surface area contributed by atoms with Crippen molar-refractivity contribution < 1.29 is 19.1 Å². The Morgan fingerprint density at radius 3 is 2.53 bits per heavy atom. The topological polar surface area (TPSA) is 59.1 Å². The summed E-state index contributed by atoms with van der Waals surface area (Å²) in [6, 6.07) is 13.0. The first kappa shape index (κ1) is 24.4. The van der Waals surface area contributed by atoms with Crippen LogP contribution in [0.5, 0.6) is 5.75 Å². The van der Waals surface area contributed by atoms with Crippen LogP contribution in [-0.4, -0.2) is 57.2 Å². The van der Waals surface area contributed by atoms with Gasteiger partial charge in [-0.2, -0.15) is 0 Å². The Kier molecular flexibility index (Phi) is 8.45. The van der Waals surface area contributed by atoms with Crippen molar-refractivity contribution in [1.29, 1.82) is 0 Å². The maximum absolute atomic E-state index is 13.8. The van der Waals surface area contributed by atoms with E-state index in [2.05, 4.69) is 0 Å². The average Bonchev–Trinajstić information content (AvgIpc) is 2.87. The summed E-state index contributed by atoms with van der Waals surface area (Å²) < 4.78 is 11.1. The molecule has 0 aromatic heterocycles. The number of halogens is 1. The molecule has 172 valence electrons. The molecular weight excluding hydrogens is 448 g/mol. The maximum Gasteiger partial charge on any atom is 0.306 e. The van der Waals surface area contributed by atoms with Crippen molar-refractivity contribution in [3.8, 4) is 5.75 Å². The van der Waals surface area contributed by atoms with E-state index in [1.807, 2.05) is 62.3 Å². The Balaban J connectivity index is 2.08.